The molecule has 0 bridgehead atoms. The third-order valence-corrected chi connectivity index (χ3v) is 3.77. The van der Waals surface area contributed by atoms with E-state index >= 15 is 0 Å². The van der Waals surface area contributed by atoms with Crippen molar-refractivity contribution in [3.8, 4) is 0 Å². The lowest BCUT2D eigenvalue weighted by Crippen LogP contribution is -2.48. The molecule has 1 saturated carbocycles. The molecule has 0 aromatic carbocycles. The molecule has 0 spiro atoms. The highest BCUT2D eigenvalue weighted by molar-refractivity contribution is 5.87. The van der Waals surface area contributed by atoms with Gasteiger partial charge in [0.05, 0.1) is 12.5 Å². The summed E-state index contributed by atoms with van der Waals surface area (Å²) in [5.74, 6) is -1.92. The summed E-state index contributed by atoms with van der Waals surface area (Å²) in [7, 11) is 0. The Kier molecular flexibility index (Phi) is 6.18. The van der Waals surface area contributed by atoms with Crippen LogP contribution in [0.1, 0.15) is 52.9 Å². The molecule has 21 heavy (non-hydrogen) atoms. The molecule has 2 atom stereocenters. The first kappa shape index (κ1) is 17.5. The fourth-order valence-corrected chi connectivity index (χ4v) is 2.46. The van der Waals surface area contributed by atoms with Crippen LogP contribution in [0.4, 0.5) is 0 Å². The number of hydrogen-bond donors (Lipinski definition) is 3. The van der Waals surface area contributed by atoms with E-state index in [2.05, 4.69) is 10.6 Å². The lowest BCUT2D eigenvalue weighted by Gasteiger charge is -2.23. The summed E-state index contributed by atoms with van der Waals surface area (Å²) in [6, 6.07) is -0.343. The van der Waals surface area contributed by atoms with E-state index < -0.39 is 17.3 Å². The summed E-state index contributed by atoms with van der Waals surface area (Å²) in [6.07, 6.45) is 4.06. The SMILES string of the molecule is CC(C)(C)C(=O)NCC(=O)NC1CCCCCC1C(=O)O. The summed E-state index contributed by atoms with van der Waals surface area (Å²) >= 11 is 0. The zero-order valence-corrected chi connectivity index (χ0v) is 13.1. The number of carbonyl (C=O) groups excluding carboxylic acids is 2. The van der Waals surface area contributed by atoms with Gasteiger partial charge in [-0.2, -0.15) is 0 Å². The molecule has 0 heterocycles. The second kappa shape index (κ2) is 7.43. The maximum atomic E-state index is 11.9. The van der Waals surface area contributed by atoms with Crippen molar-refractivity contribution in [3.05, 3.63) is 0 Å². The molecule has 6 heteroatoms. The van der Waals surface area contributed by atoms with Crippen LogP contribution < -0.4 is 10.6 Å². The van der Waals surface area contributed by atoms with Crippen molar-refractivity contribution < 1.29 is 19.5 Å². The molecule has 1 fully saturated rings. The van der Waals surface area contributed by atoms with Crippen LogP contribution in [0.5, 0.6) is 0 Å². The molecule has 2 unspecified atom stereocenters. The highest BCUT2D eigenvalue weighted by Crippen LogP contribution is 2.23. The van der Waals surface area contributed by atoms with Crippen molar-refractivity contribution in [2.24, 2.45) is 11.3 Å². The second-order valence-corrected chi connectivity index (χ2v) is 6.69. The summed E-state index contributed by atoms with van der Waals surface area (Å²) in [5.41, 5.74) is -0.549. The Labute approximate surface area is 125 Å². The van der Waals surface area contributed by atoms with Gasteiger partial charge in [-0.25, -0.2) is 0 Å². The number of aliphatic carboxylic acids is 1. The lowest BCUT2D eigenvalue weighted by atomic mass is 9.94. The molecular weight excluding hydrogens is 272 g/mol. The maximum absolute atomic E-state index is 11.9. The Hall–Kier alpha value is -1.59. The van der Waals surface area contributed by atoms with Gasteiger partial charge in [-0.05, 0) is 12.8 Å². The zero-order chi connectivity index (χ0) is 16.0. The van der Waals surface area contributed by atoms with Gasteiger partial charge < -0.3 is 15.7 Å². The van der Waals surface area contributed by atoms with E-state index in [4.69, 9.17) is 0 Å². The van der Waals surface area contributed by atoms with Crippen LogP contribution in [0.3, 0.4) is 0 Å². The van der Waals surface area contributed by atoms with Gasteiger partial charge in [-0.3, -0.25) is 14.4 Å². The number of carbonyl (C=O) groups is 3. The molecule has 0 aliphatic heterocycles. The fraction of sp³-hybridized carbons (Fsp3) is 0.800. The number of amides is 2. The first-order chi connectivity index (χ1) is 9.71. The van der Waals surface area contributed by atoms with Gasteiger partial charge in [-0.15, -0.1) is 0 Å². The number of carboxylic acid groups (broad SMARTS) is 1. The van der Waals surface area contributed by atoms with Gasteiger partial charge >= 0.3 is 5.97 Å². The zero-order valence-electron chi connectivity index (χ0n) is 13.1. The van der Waals surface area contributed by atoms with Crippen LogP contribution in [0.2, 0.25) is 0 Å². The largest absolute Gasteiger partial charge is 0.481 e. The monoisotopic (exact) mass is 298 g/mol. The van der Waals surface area contributed by atoms with Gasteiger partial charge in [0.25, 0.3) is 0 Å². The predicted octanol–water partition coefficient (Wildman–Crippen LogP) is 1.30. The predicted molar refractivity (Wildman–Crippen MR) is 78.6 cm³/mol. The normalized spacial score (nSPS) is 23.0. The fourth-order valence-electron chi connectivity index (χ4n) is 2.46. The molecule has 1 aliphatic rings. The number of rotatable bonds is 4. The number of carboxylic acids is 1. The minimum atomic E-state index is -0.860. The van der Waals surface area contributed by atoms with Gasteiger partial charge in [0.15, 0.2) is 0 Å². The van der Waals surface area contributed by atoms with E-state index in [1.807, 2.05) is 0 Å². The van der Waals surface area contributed by atoms with E-state index in [1.54, 1.807) is 20.8 Å². The molecule has 0 saturated heterocycles. The summed E-state index contributed by atoms with van der Waals surface area (Å²) < 4.78 is 0. The third kappa shape index (κ3) is 5.73. The standard InChI is InChI=1S/C15H26N2O4/c1-15(2,3)14(21)16-9-12(18)17-11-8-6-4-5-7-10(11)13(19)20/h10-11H,4-9H2,1-3H3,(H,16,21)(H,17,18)(H,19,20). The van der Waals surface area contributed by atoms with E-state index in [0.717, 1.165) is 19.3 Å². The quantitative estimate of drug-likeness (QED) is 0.682. The maximum Gasteiger partial charge on any atom is 0.308 e. The van der Waals surface area contributed by atoms with Crippen molar-refractivity contribution in [1.82, 2.24) is 10.6 Å². The van der Waals surface area contributed by atoms with Crippen molar-refractivity contribution >= 4 is 17.8 Å². The second-order valence-electron chi connectivity index (χ2n) is 6.69. The minimum Gasteiger partial charge on any atom is -0.481 e. The average Bonchev–Trinajstić information content (AvgIpc) is 2.60. The Bertz CT molecular complexity index is 401. The van der Waals surface area contributed by atoms with Crippen LogP contribution in [-0.2, 0) is 14.4 Å². The van der Waals surface area contributed by atoms with E-state index in [1.165, 1.54) is 0 Å². The molecule has 0 aromatic rings. The number of nitrogens with one attached hydrogen (secondary N) is 2. The van der Waals surface area contributed by atoms with Crippen molar-refractivity contribution in [1.29, 1.82) is 0 Å². The highest BCUT2D eigenvalue weighted by atomic mass is 16.4. The molecule has 6 nitrogen and oxygen atoms in total. The number of hydrogen-bond acceptors (Lipinski definition) is 3. The smallest absolute Gasteiger partial charge is 0.308 e. The topological polar surface area (TPSA) is 95.5 Å². The van der Waals surface area contributed by atoms with E-state index in [-0.39, 0.29) is 24.4 Å². The first-order valence-corrected chi connectivity index (χ1v) is 7.52. The minimum absolute atomic E-state index is 0.112. The van der Waals surface area contributed by atoms with Crippen LogP contribution in [0.25, 0.3) is 0 Å². The van der Waals surface area contributed by atoms with Gasteiger partial charge in [0, 0.05) is 11.5 Å². The lowest BCUT2D eigenvalue weighted by molar-refractivity contribution is -0.143. The molecule has 1 aliphatic carbocycles. The van der Waals surface area contributed by atoms with Crippen LogP contribution in [0.15, 0.2) is 0 Å². The molecule has 3 N–H and O–H groups in total. The molecule has 1 rings (SSSR count). The molecular formula is C15H26N2O4. The molecule has 2 amide bonds. The first-order valence-electron chi connectivity index (χ1n) is 7.52. The summed E-state index contributed by atoms with van der Waals surface area (Å²) in [4.78, 5) is 34.9. The van der Waals surface area contributed by atoms with Gasteiger partial charge in [0.1, 0.15) is 0 Å². The Morgan fingerprint density at radius 3 is 2.29 bits per heavy atom. The van der Waals surface area contributed by atoms with Crippen molar-refractivity contribution in [2.45, 2.75) is 58.9 Å². The van der Waals surface area contributed by atoms with Crippen molar-refractivity contribution in [2.75, 3.05) is 6.54 Å². The third-order valence-electron chi connectivity index (χ3n) is 3.77. The Morgan fingerprint density at radius 1 is 1.10 bits per heavy atom. The van der Waals surface area contributed by atoms with Crippen LogP contribution >= 0.6 is 0 Å². The highest BCUT2D eigenvalue weighted by Gasteiger charge is 2.30. The van der Waals surface area contributed by atoms with E-state index in [9.17, 15) is 19.5 Å². The van der Waals surface area contributed by atoms with Crippen LogP contribution in [0, 0.1) is 11.3 Å². The van der Waals surface area contributed by atoms with Crippen LogP contribution in [-0.4, -0.2) is 35.5 Å². The van der Waals surface area contributed by atoms with Gasteiger partial charge in [-0.1, -0.05) is 40.0 Å². The van der Waals surface area contributed by atoms with Gasteiger partial charge in [0.2, 0.25) is 11.8 Å². The van der Waals surface area contributed by atoms with E-state index in [0.29, 0.717) is 12.8 Å². The molecule has 0 radical (unpaired) electrons. The Balaban J connectivity index is 2.51. The summed E-state index contributed by atoms with van der Waals surface area (Å²) in [5, 5.41) is 14.6. The molecule has 120 valence electrons. The Morgan fingerprint density at radius 2 is 1.71 bits per heavy atom. The molecule has 0 aromatic heterocycles. The summed E-state index contributed by atoms with van der Waals surface area (Å²) in [6.45, 7) is 5.20. The average molecular weight is 298 g/mol. The van der Waals surface area contributed by atoms with Crippen molar-refractivity contribution in [3.63, 3.8) is 0 Å².